The number of nitrogens with zero attached hydrogens (tertiary/aromatic N) is 5. The first-order valence-electron chi connectivity index (χ1n) is 6.98. The minimum absolute atomic E-state index is 0.0473. The van der Waals surface area contributed by atoms with Gasteiger partial charge >= 0.3 is 0 Å². The minimum atomic E-state index is 0.0473. The van der Waals surface area contributed by atoms with Crippen molar-refractivity contribution in [2.45, 2.75) is 6.42 Å². The van der Waals surface area contributed by atoms with Crippen LogP contribution in [-0.2, 0) is 9.53 Å². The van der Waals surface area contributed by atoms with Gasteiger partial charge in [0.25, 0.3) is 0 Å². The highest BCUT2D eigenvalue weighted by molar-refractivity contribution is 6.28. The lowest BCUT2D eigenvalue weighted by molar-refractivity contribution is -0.120. The Morgan fingerprint density at radius 1 is 1.00 bits per heavy atom. The Balaban J connectivity index is 1.81. The monoisotopic (exact) mass is 312 g/mol. The number of halogens is 1. The Morgan fingerprint density at radius 3 is 2.38 bits per heavy atom. The molecule has 3 rings (SSSR count). The fourth-order valence-corrected chi connectivity index (χ4v) is 2.49. The molecule has 2 aliphatic rings. The van der Waals surface area contributed by atoms with E-state index in [0.29, 0.717) is 51.2 Å². The third-order valence-corrected chi connectivity index (χ3v) is 3.64. The van der Waals surface area contributed by atoms with E-state index in [-0.39, 0.29) is 11.2 Å². The first-order valence-corrected chi connectivity index (χ1v) is 7.36. The molecule has 0 saturated carbocycles. The van der Waals surface area contributed by atoms with Gasteiger partial charge in [-0.05, 0) is 11.6 Å². The van der Waals surface area contributed by atoms with Gasteiger partial charge < -0.3 is 19.9 Å². The van der Waals surface area contributed by atoms with Crippen LogP contribution in [-0.4, -0.2) is 66.8 Å². The number of hydrogen-bond donors (Lipinski definition) is 1. The van der Waals surface area contributed by atoms with E-state index in [4.69, 9.17) is 16.3 Å². The van der Waals surface area contributed by atoms with Crippen LogP contribution >= 0.6 is 11.6 Å². The van der Waals surface area contributed by atoms with Gasteiger partial charge in [0.2, 0.25) is 23.1 Å². The molecule has 2 fully saturated rings. The van der Waals surface area contributed by atoms with Crippen LogP contribution in [0, 0.1) is 0 Å². The summed E-state index contributed by atoms with van der Waals surface area (Å²) in [6, 6.07) is 0. The molecule has 0 radical (unpaired) electrons. The second-order valence-corrected chi connectivity index (χ2v) is 5.23. The smallest absolute Gasteiger partial charge is 0.231 e. The molecule has 8 nitrogen and oxygen atoms in total. The van der Waals surface area contributed by atoms with Crippen LogP contribution in [0.1, 0.15) is 6.42 Å². The van der Waals surface area contributed by atoms with Crippen LogP contribution in [0.2, 0.25) is 5.28 Å². The van der Waals surface area contributed by atoms with Gasteiger partial charge in [-0.15, -0.1) is 0 Å². The summed E-state index contributed by atoms with van der Waals surface area (Å²) in [5.41, 5.74) is 0. The first-order chi connectivity index (χ1) is 10.2. The van der Waals surface area contributed by atoms with Gasteiger partial charge in [0, 0.05) is 39.1 Å². The molecule has 3 heterocycles. The Hall–Kier alpha value is -1.67. The van der Waals surface area contributed by atoms with E-state index in [1.54, 1.807) is 0 Å². The van der Waals surface area contributed by atoms with Crippen LogP contribution in [0.5, 0.6) is 0 Å². The maximum absolute atomic E-state index is 11.4. The lowest BCUT2D eigenvalue weighted by Crippen LogP contribution is -2.38. The van der Waals surface area contributed by atoms with Gasteiger partial charge in [-0.1, -0.05) is 0 Å². The average Bonchev–Trinajstić information content (AvgIpc) is 2.72. The first kappa shape index (κ1) is 14.3. The Labute approximate surface area is 127 Å². The number of nitrogens with one attached hydrogen (secondary N) is 1. The summed E-state index contributed by atoms with van der Waals surface area (Å²) in [7, 11) is 0. The fraction of sp³-hybridized carbons (Fsp3) is 0.667. The Bertz CT molecular complexity index is 522. The van der Waals surface area contributed by atoms with Crippen molar-refractivity contribution < 1.29 is 9.53 Å². The topological polar surface area (TPSA) is 83.5 Å². The number of amides is 1. The second kappa shape index (κ2) is 6.40. The van der Waals surface area contributed by atoms with Gasteiger partial charge in [-0.2, -0.15) is 15.0 Å². The largest absolute Gasteiger partial charge is 0.378 e. The van der Waals surface area contributed by atoms with E-state index in [1.807, 2.05) is 9.80 Å². The van der Waals surface area contributed by atoms with Gasteiger partial charge in [-0.25, -0.2) is 0 Å². The van der Waals surface area contributed by atoms with Crippen LogP contribution in [0.15, 0.2) is 0 Å². The standard InChI is InChI=1S/C12H17ClN6O2/c13-10-15-11(18-3-1-9(20)14-2-4-18)17-12(16-10)19-5-7-21-8-6-19/h1-8H2,(H,14,20). The van der Waals surface area contributed by atoms with E-state index in [1.165, 1.54) is 0 Å². The molecule has 1 aromatic heterocycles. The van der Waals surface area contributed by atoms with Crippen molar-refractivity contribution in [3.8, 4) is 0 Å². The highest BCUT2D eigenvalue weighted by Crippen LogP contribution is 2.18. The minimum Gasteiger partial charge on any atom is -0.378 e. The van der Waals surface area contributed by atoms with E-state index in [0.717, 1.165) is 13.1 Å². The Kier molecular flexibility index (Phi) is 4.35. The summed E-state index contributed by atoms with van der Waals surface area (Å²) in [6.45, 7) is 4.60. The number of aromatic nitrogens is 3. The van der Waals surface area contributed by atoms with E-state index >= 15 is 0 Å². The predicted octanol–water partition coefficient (Wildman–Crippen LogP) is -0.312. The number of rotatable bonds is 2. The Morgan fingerprint density at radius 2 is 1.67 bits per heavy atom. The molecule has 0 aliphatic carbocycles. The molecule has 0 unspecified atom stereocenters. The SMILES string of the molecule is O=C1CCN(c2nc(Cl)nc(N3CCOCC3)n2)CCN1. The number of morpholine rings is 1. The van der Waals surface area contributed by atoms with Crippen LogP contribution < -0.4 is 15.1 Å². The van der Waals surface area contributed by atoms with Crippen molar-refractivity contribution in [1.29, 1.82) is 0 Å². The summed E-state index contributed by atoms with van der Waals surface area (Å²) in [5.74, 6) is 1.14. The van der Waals surface area contributed by atoms with Gasteiger partial charge in [0.05, 0.1) is 13.2 Å². The molecule has 1 amide bonds. The molecule has 1 N–H and O–H groups in total. The second-order valence-electron chi connectivity index (χ2n) is 4.89. The summed E-state index contributed by atoms with van der Waals surface area (Å²) in [4.78, 5) is 28.3. The van der Waals surface area contributed by atoms with E-state index in [2.05, 4.69) is 20.3 Å². The van der Waals surface area contributed by atoms with Crippen LogP contribution in [0.25, 0.3) is 0 Å². The van der Waals surface area contributed by atoms with Gasteiger partial charge in [0.1, 0.15) is 0 Å². The summed E-state index contributed by atoms with van der Waals surface area (Å²) < 4.78 is 5.32. The summed E-state index contributed by atoms with van der Waals surface area (Å²) in [6.07, 6.45) is 0.427. The molecule has 0 spiro atoms. The molecule has 2 saturated heterocycles. The van der Waals surface area contributed by atoms with Gasteiger partial charge in [-0.3, -0.25) is 4.79 Å². The average molecular weight is 313 g/mol. The lowest BCUT2D eigenvalue weighted by Gasteiger charge is -2.28. The lowest BCUT2D eigenvalue weighted by atomic mass is 10.4. The number of carbonyl (C=O) groups is 1. The zero-order valence-electron chi connectivity index (χ0n) is 11.6. The number of ether oxygens (including phenoxy) is 1. The van der Waals surface area contributed by atoms with Crippen molar-refractivity contribution in [2.75, 3.05) is 55.7 Å². The van der Waals surface area contributed by atoms with E-state index < -0.39 is 0 Å². The molecule has 2 aliphatic heterocycles. The quantitative estimate of drug-likeness (QED) is 0.802. The van der Waals surface area contributed by atoms with Crippen molar-refractivity contribution >= 4 is 29.4 Å². The number of carbonyl (C=O) groups excluding carboxylic acids is 1. The zero-order chi connectivity index (χ0) is 14.7. The van der Waals surface area contributed by atoms with Crippen molar-refractivity contribution in [1.82, 2.24) is 20.3 Å². The molecule has 0 bridgehead atoms. The molecule has 1 aromatic rings. The van der Waals surface area contributed by atoms with Crippen molar-refractivity contribution in [3.05, 3.63) is 5.28 Å². The summed E-state index contributed by atoms with van der Waals surface area (Å²) >= 11 is 6.03. The zero-order valence-corrected chi connectivity index (χ0v) is 12.3. The third kappa shape index (κ3) is 3.51. The summed E-state index contributed by atoms with van der Waals surface area (Å²) in [5, 5.41) is 3.00. The van der Waals surface area contributed by atoms with Gasteiger partial charge in [0.15, 0.2) is 0 Å². The van der Waals surface area contributed by atoms with Crippen LogP contribution in [0.4, 0.5) is 11.9 Å². The maximum atomic E-state index is 11.4. The highest BCUT2D eigenvalue weighted by Gasteiger charge is 2.20. The normalized spacial score (nSPS) is 20.1. The molecule has 21 heavy (non-hydrogen) atoms. The number of hydrogen-bond acceptors (Lipinski definition) is 7. The molecule has 9 heteroatoms. The molecule has 0 aromatic carbocycles. The maximum Gasteiger partial charge on any atom is 0.231 e. The molecular weight excluding hydrogens is 296 g/mol. The third-order valence-electron chi connectivity index (χ3n) is 3.47. The highest BCUT2D eigenvalue weighted by atomic mass is 35.5. The predicted molar refractivity (Wildman–Crippen MR) is 77.7 cm³/mol. The molecule has 0 atom stereocenters. The van der Waals surface area contributed by atoms with Crippen LogP contribution in [0.3, 0.4) is 0 Å². The van der Waals surface area contributed by atoms with E-state index in [9.17, 15) is 4.79 Å². The van der Waals surface area contributed by atoms with Crippen molar-refractivity contribution in [2.24, 2.45) is 0 Å². The molecular formula is C12H17ClN6O2. The van der Waals surface area contributed by atoms with Crippen molar-refractivity contribution in [3.63, 3.8) is 0 Å². The number of anilines is 2. The molecule has 114 valence electrons. The fourth-order valence-electron chi connectivity index (χ4n) is 2.34.